The normalized spacial score (nSPS) is 23.3. The average molecular weight is 227 g/mol. The number of amides is 1. The van der Waals surface area contributed by atoms with Gasteiger partial charge in [0, 0.05) is 32.1 Å². The quantitative estimate of drug-likeness (QED) is 0.697. The molecule has 1 fully saturated rings. The van der Waals surface area contributed by atoms with Crippen molar-refractivity contribution >= 4 is 5.91 Å². The molecule has 4 heteroatoms. The van der Waals surface area contributed by atoms with E-state index in [1.807, 2.05) is 0 Å². The Morgan fingerprint density at radius 2 is 2.38 bits per heavy atom. The molecule has 1 heterocycles. The summed E-state index contributed by atoms with van der Waals surface area (Å²) in [5.41, 5.74) is 5.75. The fraction of sp³-hybridized carbons (Fsp3) is 0.917. The van der Waals surface area contributed by atoms with Crippen LogP contribution >= 0.6 is 0 Å². The van der Waals surface area contributed by atoms with Crippen LogP contribution in [0.1, 0.15) is 33.1 Å². The van der Waals surface area contributed by atoms with E-state index in [0.717, 1.165) is 32.0 Å². The smallest absolute Gasteiger partial charge is 0.221 e. The molecule has 0 aliphatic carbocycles. The van der Waals surface area contributed by atoms with Gasteiger partial charge in [-0.1, -0.05) is 13.8 Å². The zero-order valence-corrected chi connectivity index (χ0v) is 10.5. The van der Waals surface area contributed by atoms with Crippen LogP contribution in [-0.2, 0) is 4.79 Å². The second kappa shape index (κ2) is 6.86. The largest absolute Gasteiger partial charge is 0.356 e. The van der Waals surface area contributed by atoms with E-state index in [1.54, 1.807) is 0 Å². The molecule has 3 N–H and O–H groups in total. The number of rotatable bonds is 6. The lowest BCUT2D eigenvalue weighted by atomic mass is 10.1. The lowest BCUT2D eigenvalue weighted by Crippen LogP contribution is -2.42. The van der Waals surface area contributed by atoms with Crippen molar-refractivity contribution < 1.29 is 4.79 Å². The first-order chi connectivity index (χ1) is 7.67. The number of nitrogens with one attached hydrogen (secondary N) is 1. The Morgan fingerprint density at radius 3 is 2.88 bits per heavy atom. The first-order valence-corrected chi connectivity index (χ1v) is 6.38. The molecule has 1 aliphatic rings. The highest BCUT2D eigenvalue weighted by atomic mass is 16.1. The van der Waals surface area contributed by atoms with Gasteiger partial charge in [0.15, 0.2) is 0 Å². The molecule has 0 aromatic carbocycles. The number of carbonyl (C=O) groups excluding carboxylic acids is 1. The van der Waals surface area contributed by atoms with Crippen molar-refractivity contribution in [3.8, 4) is 0 Å². The van der Waals surface area contributed by atoms with Gasteiger partial charge >= 0.3 is 0 Å². The van der Waals surface area contributed by atoms with E-state index in [0.29, 0.717) is 13.0 Å². The summed E-state index contributed by atoms with van der Waals surface area (Å²) in [6, 6.07) is 0.224. The molecule has 0 aromatic rings. The standard InChI is InChI=1S/C12H25N3O/c1-3-5-14-12(16)7-11(8-13)15-6-4-10(2)9-15/h10-11H,3-9,13H2,1-2H3,(H,14,16). The van der Waals surface area contributed by atoms with Crippen molar-refractivity contribution in [2.24, 2.45) is 11.7 Å². The van der Waals surface area contributed by atoms with E-state index in [4.69, 9.17) is 5.73 Å². The summed E-state index contributed by atoms with van der Waals surface area (Å²) in [6.45, 7) is 7.83. The van der Waals surface area contributed by atoms with Crippen molar-refractivity contribution in [1.29, 1.82) is 0 Å². The van der Waals surface area contributed by atoms with Crippen LogP contribution in [0.5, 0.6) is 0 Å². The monoisotopic (exact) mass is 227 g/mol. The van der Waals surface area contributed by atoms with Crippen LogP contribution in [-0.4, -0.2) is 43.0 Å². The van der Waals surface area contributed by atoms with Gasteiger partial charge in [-0.25, -0.2) is 0 Å². The molecule has 2 atom stereocenters. The third kappa shape index (κ3) is 4.10. The van der Waals surface area contributed by atoms with Gasteiger partial charge in [-0.2, -0.15) is 0 Å². The number of nitrogens with two attached hydrogens (primary N) is 1. The van der Waals surface area contributed by atoms with Crippen LogP contribution in [0, 0.1) is 5.92 Å². The first kappa shape index (κ1) is 13.5. The van der Waals surface area contributed by atoms with Crippen LogP contribution in [0.3, 0.4) is 0 Å². The van der Waals surface area contributed by atoms with Crippen LogP contribution in [0.4, 0.5) is 0 Å². The van der Waals surface area contributed by atoms with Crippen molar-refractivity contribution in [3.63, 3.8) is 0 Å². The molecule has 0 radical (unpaired) electrons. The molecule has 0 bridgehead atoms. The molecule has 1 rings (SSSR count). The zero-order chi connectivity index (χ0) is 12.0. The lowest BCUT2D eigenvalue weighted by Gasteiger charge is -2.26. The molecule has 16 heavy (non-hydrogen) atoms. The molecule has 1 aliphatic heterocycles. The van der Waals surface area contributed by atoms with E-state index < -0.39 is 0 Å². The van der Waals surface area contributed by atoms with E-state index in [1.165, 1.54) is 6.42 Å². The van der Waals surface area contributed by atoms with Gasteiger partial charge in [-0.15, -0.1) is 0 Å². The van der Waals surface area contributed by atoms with Crippen LogP contribution in [0.25, 0.3) is 0 Å². The predicted octanol–water partition coefficient (Wildman–Crippen LogP) is 0.572. The Morgan fingerprint density at radius 1 is 1.62 bits per heavy atom. The fourth-order valence-electron chi connectivity index (χ4n) is 2.21. The molecule has 0 spiro atoms. The topological polar surface area (TPSA) is 58.4 Å². The van der Waals surface area contributed by atoms with Crippen molar-refractivity contribution in [2.45, 2.75) is 39.2 Å². The van der Waals surface area contributed by atoms with E-state index >= 15 is 0 Å². The third-order valence-electron chi connectivity index (χ3n) is 3.24. The highest BCUT2D eigenvalue weighted by Gasteiger charge is 2.26. The summed E-state index contributed by atoms with van der Waals surface area (Å²) in [4.78, 5) is 14.0. The summed E-state index contributed by atoms with van der Waals surface area (Å²) >= 11 is 0. The maximum Gasteiger partial charge on any atom is 0.221 e. The molecular weight excluding hydrogens is 202 g/mol. The van der Waals surface area contributed by atoms with Gasteiger partial charge in [0.05, 0.1) is 0 Å². The van der Waals surface area contributed by atoms with Gasteiger partial charge in [-0.05, 0) is 25.3 Å². The maximum atomic E-state index is 11.6. The highest BCUT2D eigenvalue weighted by molar-refractivity contribution is 5.76. The molecule has 4 nitrogen and oxygen atoms in total. The summed E-state index contributed by atoms with van der Waals surface area (Å²) in [5.74, 6) is 0.879. The zero-order valence-electron chi connectivity index (χ0n) is 10.5. The van der Waals surface area contributed by atoms with Gasteiger partial charge < -0.3 is 11.1 Å². The minimum atomic E-state index is 0.136. The second-order valence-electron chi connectivity index (χ2n) is 4.83. The first-order valence-electron chi connectivity index (χ1n) is 6.38. The van der Waals surface area contributed by atoms with E-state index in [2.05, 4.69) is 24.1 Å². The van der Waals surface area contributed by atoms with Crippen LogP contribution < -0.4 is 11.1 Å². The molecular formula is C12H25N3O. The Labute approximate surface area is 98.6 Å². The number of likely N-dealkylation sites (tertiary alicyclic amines) is 1. The van der Waals surface area contributed by atoms with Gasteiger partial charge in [-0.3, -0.25) is 9.69 Å². The molecule has 1 amide bonds. The number of carbonyl (C=O) groups is 1. The van der Waals surface area contributed by atoms with Crippen molar-refractivity contribution in [1.82, 2.24) is 10.2 Å². The highest BCUT2D eigenvalue weighted by Crippen LogP contribution is 2.18. The Balaban J connectivity index is 2.33. The predicted molar refractivity (Wildman–Crippen MR) is 66.1 cm³/mol. The lowest BCUT2D eigenvalue weighted by molar-refractivity contribution is -0.122. The number of hydrogen-bond acceptors (Lipinski definition) is 3. The molecule has 94 valence electrons. The van der Waals surface area contributed by atoms with Crippen LogP contribution in [0.15, 0.2) is 0 Å². The van der Waals surface area contributed by atoms with E-state index in [9.17, 15) is 4.79 Å². The molecule has 0 saturated carbocycles. The molecule has 2 unspecified atom stereocenters. The Bertz CT molecular complexity index is 220. The van der Waals surface area contributed by atoms with Crippen molar-refractivity contribution in [2.75, 3.05) is 26.2 Å². The fourth-order valence-corrected chi connectivity index (χ4v) is 2.21. The summed E-state index contributed by atoms with van der Waals surface area (Å²) in [5, 5.41) is 2.91. The van der Waals surface area contributed by atoms with E-state index in [-0.39, 0.29) is 11.9 Å². The number of nitrogens with zero attached hydrogens (tertiary/aromatic N) is 1. The van der Waals surface area contributed by atoms with Crippen molar-refractivity contribution in [3.05, 3.63) is 0 Å². The second-order valence-corrected chi connectivity index (χ2v) is 4.83. The Kier molecular flexibility index (Phi) is 5.77. The number of hydrogen-bond donors (Lipinski definition) is 2. The molecule has 0 aromatic heterocycles. The Hall–Kier alpha value is -0.610. The minimum absolute atomic E-state index is 0.136. The summed E-state index contributed by atoms with van der Waals surface area (Å²) in [6.07, 6.45) is 2.76. The van der Waals surface area contributed by atoms with Crippen LogP contribution in [0.2, 0.25) is 0 Å². The third-order valence-corrected chi connectivity index (χ3v) is 3.24. The van der Waals surface area contributed by atoms with Gasteiger partial charge in [0.1, 0.15) is 0 Å². The SMILES string of the molecule is CCCNC(=O)CC(CN)N1CCC(C)C1. The van der Waals surface area contributed by atoms with Gasteiger partial charge in [0.25, 0.3) is 0 Å². The summed E-state index contributed by atoms with van der Waals surface area (Å²) in [7, 11) is 0. The minimum Gasteiger partial charge on any atom is -0.356 e. The summed E-state index contributed by atoms with van der Waals surface area (Å²) < 4.78 is 0. The average Bonchev–Trinajstić information content (AvgIpc) is 2.69. The molecule has 1 saturated heterocycles. The maximum absolute atomic E-state index is 11.6. The van der Waals surface area contributed by atoms with Gasteiger partial charge in [0.2, 0.25) is 5.91 Å².